The fourth-order valence-corrected chi connectivity index (χ4v) is 2.19. The summed E-state index contributed by atoms with van der Waals surface area (Å²) in [7, 11) is 0. The van der Waals surface area contributed by atoms with Crippen molar-refractivity contribution in [3.05, 3.63) is 30.3 Å². The molecule has 0 saturated carbocycles. The number of carbonyl (C=O) groups is 1. The molecule has 1 amide bonds. The lowest BCUT2D eigenvalue weighted by Crippen LogP contribution is -2.33. The van der Waals surface area contributed by atoms with Crippen LogP contribution >= 0.6 is 11.6 Å². The molecule has 0 aliphatic rings. The van der Waals surface area contributed by atoms with Crippen molar-refractivity contribution in [2.45, 2.75) is 26.2 Å². The molecule has 19 heavy (non-hydrogen) atoms. The summed E-state index contributed by atoms with van der Waals surface area (Å²) in [5.41, 5.74) is 0. The monoisotopic (exact) mass is 283 g/mol. The first kappa shape index (κ1) is 15.8. The molecular weight excluding hydrogens is 262 g/mol. The van der Waals surface area contributed by atoms with E-state index >= 15 is 0 Å². The number of hydrogen-bond acceptors (Lipinski definition) is 2. The van der Waals surface area contributed by atoms with Gasteiger partial charge in [0.15, 0.2) is 6.61 Å². The van der Waals surface area contributed by atoms with Crippen LogP contribution in [0.2, 0.25) is 0 Å². The van der Waals surface area contributed by atoms with Crippen molar-refractivity contribution in [2.75, 3.05) is 19.0 Å². The van der Waals surface area contributed by atoms with Crippen LogP contribution in [0.1, 0.15) is 26.2 Å². The molecule has 0 spiro atoms. The Balaban J connectivity index is 2.23. The first-order valence-electron chi connectivity index (χ1n) is 6.76. The van der Waals surface area contributed by atoms with E-state index in [0.717, 1.165) is 19.3 Å². The highest BCUT2D eigenvalue weighted by Gasteiger charge is 2.09. The lowest BCUT2D eigenvalue weighted by Gasteiger charge is -2.15. The molecule has 0 aromatic heterocycles. The molecule has 1 aromatic rings. The molecule has 106 valence electrons. The molecule has 1 rings (SSSR count). The summed E-state index contributed by atoms with van der Waals surface area (Å²) < 4.78 is 5.38. The van der Waals surface area contributed by atoms with E-state index in [1.165, 1.54) is 0 Å². The number of ether oxygens (including phenoxy) is 1. The molecule has 0 aliphatic carbocycles. The molecule has 3 nitrogen and oxygen atoms in total. The van der Waals surface area contributed by atoms with Crippen LogP contribution in [0.5, 0.6) is 5.75 Å². The van der Waals surface area contributed by atoms with Crippen molar-refractivity contribution in [3.63, 3.8) is 0 Å². The van der Waals surface area contributed by atoms with Crippen LogP contribution in [0, 0.1) is 5.92 Å². The van der Waals surface area contributed by atoms with Crippen molar-refractivity contribution < 1.29 is 9.53 Å². The van der Waals surface area contributed by atoms with Crippen molar-refractivity contribution in [2.24, 2.45) is 5.92 Å². The Morgan fingerprint density at radius 3 is 2.68 bits per heavy atom. The fourth-order valence-electron chi connectivity index (χ4n) is 1.89. The molecule has 1 N–H and O–H groups in total. The minimum atomic E-state index is -0.0838. The second-order valence-corrected chi connectivity index (χ2v) is 4.92. The summed E-state index contributed by atoms with van der Waals surface area (Å²) in [4.78, 5) is 11.7. The highest BCUT2D eigenvalue weighted by molar-refractivity contribution is 6.17. The van der Waals surface area contributed by atoms with E-state index in [1.807, 2.05) is 30.3 Å². The molecule has 1 aromatic carbocycles. The highest BCUT2D eigenvalue weighted by Crippen LogP contribution is 2.11. The number of amides is 1. The van der Waals surface area contributed by atoms with E-state index < -0.39 is 0 Å². The average Bonchev–Trinajstić information content (AvgIpc) is 2.44. The Morgan fingerprint density at radius 2 is 2.05 bits per heavy atom. The molecule has 0 bridgehead atoms. The van der Waals surface area contributed by atoms with Crippen molar-refractivity contribution in [1.82, 2.24) is 5.32 Å². The Labute approximate surface area is 120 Å². The largest absolute Gasteiger partial charge is 0.484 e. The van der Waals surface area contributed by atoms with Crippen LogP contribution in [0.3, 0.4) is 0 Å². The number of alkyl halides is 1. The molecule has 1 unspecified atom stereocenters. The van der Waals surface area contributed by atoms with Crippen molar-refractivity contribution in [1.29, 1.82) is 0 Å². The van der Waals surface area contributed by atoms with Gasteiger partial charge in [-0.2, -0.15) is 0 Å². The molecule has 0 aliphatic heterocycles. The summed E-state index contributed by atoms with van der Waals surface area (Å²) in [5.74, 6) is 1.73. The summed E-state index contributed by atoms with van der Waals surface area (Å²) in [6.45, 7) is 2.88. The molecule has 0 fully saturated rings. The number of rotatable bonds is 9. The fraction of sp³-hybridized carbons (Fsp3) is 0.533. The SMILES string of the molecule is CCCC(CCCl)CNC(=O)COc1ccccc1. The third-order valence-corrected chi connectivity index (χ3v) is 3.13. The van der Waals surface area contributed by atoms with Gasteiger partial charge in [-0.3, -0.25) is 4.79 Å². The van der Waals surface area contributed by atoms with E-state index in [4.69, 9.17) is 16.3 Å². The number of benzene rings is 1. The van der Waals surface area contributed by atoms with E-state index in [2.05, 4.69) is 12.2 Å². The Bertz CT molecular complexity index is 350. The van der Waals surface area contributed by atoms with Gasteiger partial charge in [0.25, 0.3) is 5.91 Å². The minimum Gasteiger partial charge on any atom is -0.484 e. The van der Waals surface area contributed by atoms with Gasteiger partial charge in [-0.1, -0.05) is 31.5 Å². The Hall–Kier alpha value is -1.22. The second kappa shape index (κ2) is 9.68. The second-order valence-electron chi connectivity index (χ2n) is 4.54. The van der Waals surface area contributed by atoms with E-state index in [0.29, 0.717) is 24.1 Å². The number of halogens is 1. The quantitative estimate of drug-likeness (QED) is 0.707. The summed E-state index contributed by atoms with van der Waals surface area (Å²) in [6.07, 6.45) is 3.14. The highest BCUT2D eigenvalue weighted by atomic mass is 35.5. The van der Waals surface area contributed by atoms with Crippen LogP contribution in [-0.2, 0) is 4.79 Å². The summed E-state index contributed by atoms with van der Waals surface area (Å²) in [5, 5.41) is 2.90. The predicted molar refractivity (Wildman–Crippen MR) is 78.7 cm³/mol. The predicted octanol–water partition coefficient (Wildman–Crippen LogP) is 3.23. The summed E-state index contributed by atoms with van der Waals surface area (Å²) >= 11 is 5.75. The van der Waals surface area contributed by atoms with Gasteiger partial charge < -0.3 is 10.1 Å². The molecule has 1 atom stereocenters. The van der Waals surface area contributed by atoms with Gasteiger partial charge in [0.2, 0.25) is 0 Å². The summed E-state index contributed by atoms with van der Waals surface area (Å²) in [6, 6.07) is 9.34. The van der Waals surface area contributed by atoms with Gasteiger partial charge in [-0.15, -0.1) is 11.6 Å². The van der Waals surface area contributed by atoms with E-state index in [1.54, 1.807) is 0 Å². The first-order valence-corrected chi connectivity index (χ1v) is 7.30. The maximum Gasteiger partial charge on any atom is 0.257 e. The Kier molecular flexibility index (Phi) is 8.07. The van der Waals surface area contributed by atoms with Gasteiger partial charge in [-0.25, -0.2) is 0 Å². The van der Waals surface area contributed by atoms with Crippen LogP contribution in [-0.4, -0.2) is 24.9 Å². The van der Waals surface area contributed by atoms with Crippen molar-refractivity contribution in [3.8, 4) is 5.75 Å². The van der Waals surface area contributed by atoms with Crippen LogP contribution in [0.15, 0.2) is 30.3 Å². The molecule has 0 heterocycles. The van der Waals surface area contributed by atoms with Crippen molar-refractivity contribution >= 4 is 17.5 Å². The van der Waals surface area contributed by atoms with Crippen LogP contribution < -0.4 is 10.1 Å². The zero-order valence-electron chi connectivity index (χ0n) is 11.4. The zero-order valence-corrected chi connectivity index (χ0v) is 12.2. The van der Waals surface area contributed by atoms with Gasteiger partial charge in [0.1, 0.15) is 5.75 Å². The lowest BCUT2D eigenvalue weighted by atomic mass is 10.0. The zero-order chi connectivity index (χ0) is 13.9. The molecule has 4 heteroatoms. The van der Waals surface area contributed by atoms with Gasteiger partial charge in [-0.05, 0) is 30.9 Å². The molecule has 0 radical (unpaired) electrons. The first-order chi connectivity index (χ1) is 9.26. The maximum absolute atomic E-state index is 11.7. The smallest absolute Gasteiger partial charge is 0.257 e. The Morgan fingerprint density at radius 1 is 1.32 bits per heavy atom. The molecular formula is C15H22ClNO2. The van der Waals surface area contributed by atoms with E-state index in [9.17, 15) is 4.79 Å². The topological polar surface area (TPSA) is 38.3 Å². The third kappa shape index (κ3) is 7.06. The third-order valence-electron chi connectivity index (χ3n) is 2.92. The minimum absolute atomic E-state index is 0.0593. The van der Waals surface area contributed by atoms with Gasteiger partial charge >= 0.3 is 0 Å². The number of para-hydroxylation sites is 1. The van der Waals surface area contributed by atoms with Gasteiger partial charge in [0, 0.05) is 12.4 Å². The molecule has 0 saturated heterocycles. The number of carbonyl (C=O) groups excluding carboxylic acids is 1. The standard InChI is InChI=1S/C15H22ClNO2/c1-2-6-13(9-10-16)11-17-15(18)12-19-14-7-4-3-5-8-14/h3-5,7-8,13H,2,6,9-12H2,1H3,(H,17,18). The number of nitrogens with one attached hydrogen (secondary N) is 1. The van der Waals surface area contributed by atoms with Gasteiger partial charge in [0.05, 0.1) is 0 Å². The number of hydrogen-bond donors (Lipinski definition) is 1. The van der Waals surface area contributed by atoms with Crippen LogP contribution in [0.25, 0.3) is 0 Å². The lowest BCUT2D eigenvalue weighted by molar-refractivity contribution is -0.123. The van der Waals surface area contributed by atoms with E-state index in [-0.39, 0.29) is 12.5 Å². The van der Waals surface area contributed by atoms with Crippen LogP contribution in [0.4, 0.5) is 0 Å². The maximum atomic E-state index is 11.7. The normalized spacial score (nSPS) is 11.9. The average molecular weight is 284 g/mol.